The van der Waals surface area contributed by atoms with Gasteiger partial charge in [0.25, 0.3) is 11.8 Å². The highest BCUT2D eigenvalue weighted by Gasteiger charge is 2.22. The van der Waals surface area contributed by atoms with Crippen molar-refractivity contribution in [2.24, 2.45) is 5.92 Å². The van der Waals surface area contributed by atoms with Crippen LogP contribution in [0.5, 0.6) is 5.75 Å². The van der Waals surface area contributed by atoms with Gasteiger partial charge >= 0.3 is 0 Å². The maximum absolute atomic E-state index is 13.0. The Balaban J connectivity index is 2.90. The molecule has 0 radical (unpaired) electrons. The highest BCUT2D eigenvalue weighted by atomic mass is 19.3. The van der Waals surface area contributed by atoms with Gasteiger partial charge in [-0.1, -0.05) is 26.0 Å². The molecule has 0 aliphatic carbocycles. The summed E-state index contributed by atoms with van der Waals surface area (Å²) in [5.41, 5.74) is 2.25. The highest BCUT2D eigenvalue weighted by Crippen LogP contribution is 2.22. The van der Waals surface area contributed by atoms with Gasteiger partial charge in [0.2, 0.25) is 0 Å². The van der Waals surface area contributed by atoms with Gasteiger partial charge in [-0.05, 0) is 62.1 Å². The minimum Gasteiger partial charge on any atom is -0.487 e. The van der Waals surface area contributed by atoms with Gasteiger partial charge in [-0.25, -0.2) is 8.78 Å². The SMILES string of the molecule is CC(=N)/C=C(\C=C\C(C)C)C(C)NC(=O)c1ccc(OCC(C)(F)F)c(C)c1. The zero-order chi connectivity index (χ0) is 21.5. The van der Waals surface area contributed by atoms with Crippen molar-refractivity contribution in [1.82, 2.24) is 5.32 Å². The number of rotatable bonds is 9. The fraction of sp³-hybridized carbons (Fsp3) is 0.455. The molecule has 4 nitrogen and oxygen atoms in total. The first-order chi connectivity index (χ1) is 12.9. The highest BCUT2D eigenvalue weighted by molar-refractivity contribution is 5.95. The summed E-state index contributed by atoms with van der Waals surface area (Å²) in [5, 5.41) is 10.6. The predicted octanol–water partition coefficient (Wildman–Crippen LogP) is 5.33. The van der Waals surface area contributed by atoms with Gasteiger partial charge in [-0.15, -0.1) is 0 Å². The predicted molar refractivity (Wildman–Crippen MR) is 110 cm³/mol. The van der Waals surface area contributed by atoms with Gasteiger partial charge in [0.1, 0.15) is 5.75 Å². The van der Waals surface area contributed by atoms with E-state index in [1.54, 1.807) is 32.1 Å². The lowest BCUT2D eigenvalue weighted by Crippen LogP contribution is -2.34. The van der Waals surface area contributed by atoms with Crippen molar-refractivity contribution >= 4 is 11.6 Å². The number of carbonyl (C=O) groups is 1. The van der Waals surface area contributed by atoms with Crippen LogP contribution in [0, 0.1) is 18.3 Å². The van der Waals surface area contributed by atoms with E-state index in [9.17, 15) is 13.6 Å². The first-order valence-corrected chi connectivity index (χ1v) is 9.26. The van der Waals surface area contributed by atoms with Crippen LogP contribution in [0.3, 0.4) is 0 Å². The molecule has 1 amide bonds. The van der Waals surface area contributed by atoms with Crippen molar-refractivity contribution in [3.05, 3.63) is 53.1 Å². The summed E-state index contributed by atoms with van der Waals surface area (Å²) in [6.45, 7) is 9.42. The minimum absolute atomic E-state index is 0.283. The molecule has 6 heteroatoms. The Morgan fingerprint density at radius 2 is 1.96 bits per heavy atom. The molecule has 154 valence electrons. The molecule has 2 N–H and O–H groups in total. The molecule has 0 fully saturated rings. The normalized spacial score (nSPS) is 13.7. The second-order valence-corrected chi connectivity index (χ2v) is 7.46. The Morgan fingerprint density at radius 3 is 2.46 bits per heavy atom. The van der Waals surface area contributed by atoms with Crippen LogP contribution in [0.15, 0.2) is 42.0 Å². The van der Waals surface area contributed by atoms with Crippen molar-refractivity contribution in [2.45, 2.75) is 53.5 Å². The number of hydrogen-bond acceptors (Lipinski definition) is 3. The van der Waals surface area contributed by atoms with E-state index in [4.69, 9.17) is 10.1 Å². The molecule has 1 atom stereocenters. The Morgan fingerprint density at radius 1 is 1.32 bits per heavy atom. The van der Waals surface area contributed by atoms with E-state index >= 15 is 0 Å². The van der Waals surface area contributed by atoms with Crippen LogP contribution in [0.1, 0.15) is 50.5 Å². The van der Waals surface area contributed by atoms with Gasteiger partial charge in [-0.3, -0.25) is 4.79 Å². The second kappa shape index (κ2) is 10.2. The molecule has 0 heterocycles. The smallest absolute Gasteiger partial charge is 0.278 e. The van der Waals surface area contributed by atoms with E-state index < -0.39 is 12.5 Å². The van der Waals surface area contributed by atoms with E-state index in [1.807, 2.05) is 19.1 Å². The molecule has 1 aromatic carbocycles. The monoisotopic (exact) mass is 392 g/mol. The minimum atomic E-state index is -2.92. The molecule has 1 unspecified atom stereocenters. The third-order valence-corrected chi connectivity index (χ3v) is 3.82. The Bertz CT molecular complexity index is 762. The van der Waals surface area contributed by atoms with E-state index in [0.29, 0.717) is 28.5 Å². The van der Waals surface area contributed by atoms with E-state index in [2.05, 4.69) is 19.2 Å². The Labute approximate surface area is 166 Å². The molecule has 1 aromatic rings. The van der Waals surface area contributed by atoms with Gasteiger partial charge in [0.05, 0.1) is 6.04 Å². The number of nitrogens with one attached hydrogen (secondary N) is 2. The van der Waals surface area contributed by atoms with Crippen LogP contribution >= 0.6 is 0 Å². The van der Waals surface area contributed by atoms with Gasteiger partial charge in [0, 0.05) is 18.2 Å². The van der Waals surface area contributed by atoms with Crippen molar-refractivity contribution in [3.63, 3.8) is 0 Å². The van der Waals surface area contributed by atoms with Crippen LogP contribution < -0.4 is 10.1 Å². The standard InChI is InChI=1S/C22H30F2N2O2/c1-14(2)7-8-18(12-16(4)25)17(5)26-21(27)19-9-10-20(15(3)11-19)28-13-22(6,23)24/h7-12,14,17,25H,13H2,1-6H3,(H,26,27)/b8-7+,18-12+,25-16?. The van der Waals surface area contributed by atoms with Crippen LogP contribution in [-0.2, 0) is 0 Å². The molecule has 1 rings (SSSR count). The number of hydrogen-bond donors (Lipinski definition) is 2. The quantitative estimate of drug-likeness (QED) is 0.441. The fourth-order valence-electron chi connectivity index (χ4n) is 2.39. The van der Waals surface area contributed by atoms with E-state index in [0.717, 1.165) is 12.5 Å². The van der Waals surface area contributed by atoms with Gasteiger partial charge < -0.3 is 15.5 Å². The number of alkyl halides is 2. The molecular weight excluding hydrogens is 362 g/mol. The summed E-state index contributed by atoms with van der Waals surface area (Å²) in [4.78, 5) is 12.6. The molecule has 0 bridgehead atoms. The van der Waals surface area contributed by atoms with Gasteiger partial charge in [-0.2, -0.15) is 0 Å². The molecule has 0 saturated heterocycles. The average Bonchev–Trinajstić information content (AvgIpc) is 2.55. The molecule has 0 aromatic heterocycles. The molecular formula is C22H30F2N2O2. The zero-order valence-electron chi connectivity index (χ0n) is 17.4. The third-order valence-electron chi connectivity index (χ3n) is 3.82. The summed E-state index contributed by atoms with van der Waals surface area (Å²) >= 11 is 0. The van der Waals surface area contributed by atoms with Crippen LogP contribution in [0.25, 0.3) is 0 Å². The van der Waals surface area contributed by atoms with Crippen molar-refractivity contribution in [2.75, 3.05) is 6.61 Å². The first kappa shape index (κ1) is 23.5. The molecule has 28 heavy (non-hydrogen) atoms. The van der Waals surface area contributed by atoms with Crippen molar-refractivity contribution in [3.8, 4) is 5.75 Å². The number of amides is 1. The molecule has 0 aliphatic heterocycles. The molecule has 0 spiro atoms. The topological polar surface area (TPSA) is 62.2 Å². The largest absolute Gasteiger partial charge is 0.487 e. The van der Waals surface area contributed by atoms with Crippen molar-refractivity contribution < 1.29 is 18.3 Å². The van der Waals surface area contributed by atoms with Crippen LogP contribution in [0.2, 0.25) is 0 Å². The summed E-state index contributed by atoms with van der Waals surface area (Å²) in [5.74, 6) is -2.53. The average molecular weight is 392 g/mol. The number of allylic oxidation sites excluding steroid dienone is 2. The lowest BCUT2D eigenvalue weighted by atomic mass is 10.0. The number of halogens is 2. The van der Waals surface area contributed by atoms with Crippen molar-refractivity contribution in [1.29, 1.82) is 5.41 Å². The summed E-state index contributed by atoms with van der Waals surface area (Å²) < 4.78 is 31.0. The first-order valence-electron chi connectivity index (χ1n) is 9.26. The number of ether oxygens (including phenoxy) is 1. The number of benzene rings is 1. The summed E-state index contributed by atoms with van der Waals surface area (Å²) in [6.07, 6.45) is 5.65. The molecule has 0 aliphatic rings. The van der Waals surface area contributed by atoms with Gasteiger partial charge in [0.15, 0.2) is 6.61 Å². The van der Waals surface area contributed by atoms with E-state index in [-0.39, 0.29) is 11.9 Å². The number of carbonyl (C=O) groups excluding carboxylic acids is 1. The lowest BCUT2D eigenvalue weighted by Gasteiger charge is -2.17. The van der Waals surface area contributed by atoms with Crippen LogP contribution in [-0.4, -0.2) is 30.2 Å². The lowest BCUT2D eigenvalue weighted by molar-refractivity contribution is -0.0231. The summed E-state index contributed by atoms with van der Waals surface area (Å²) in [6, 6.07) is 4.39. The fourth-order valence-corrected chi connectivity index (χ4v) is 2.39. The Hall–Kier alpha value is -2.50. The maximum atomic E-state index is 13.0. The maximum Gasteiger partial charge on any atom is 0.278 e. The third kappa shape index (κ3) is 8.46. The summed E-state index contributed by atoms with van der Waals surface area (Å²) in [7, 11) is 0. The van der Waals surface area contributed by atoms with E-state index in [1.165, 1.54) is 6.07 Å². The number of aryl methyl sites for hydroxylation is 1. The zero-order valence-corrected chi connectivity index (χ0v) is 17.4. The second-order valence-electron chi connectivity index (χ2n) is 7.46. The molecule has 0 saturated carbocycles. The Kier molecular flexibility index (Phi) is 8.54. The van der Waals surface area contributed by atoms with Crippen LogP contribution in [0.4, 0.5) is 8.78 Å².